The molecule has 0 fully saturated rings. The van der Waals surface area contributed by atoms with Crippen molar-refractivity contribution in [1.29, 1.82) is 0 Å². The SMILES string of the molecule is CCCC[n+]1c(Cc2ccccc2)sc2ccccc21.[I-]. The molecule has 0 aliphatic heterocycles. The summed E-state index contributed by atoms with van der Waals surface area (Å²) in [4.78, 5) is 0. The van der Waals surface area contributed by atoms with E-state index >= 15 is 0 Å². The first-order chi connectivity index (χ1) is 9.88. The highest BCUT2D eigenvalue weighted by atomic mass is 127. The highest BCUT2D eigenvalue weighted by molar-refractivity contribution is 7.18. The fourth-order valence-electron chi connectivity index (χ4n) is 2.55. The molecule has 3 aromatic rings. The molecule has 1 heterocycles. The average Bonchev–Trinajstić information content (AvgIpc) is 2.83. The first-order valence-corrected chi connectivity index (χ1v) is 8.14. The predicted molar refractivity (Wildman–Crippen MR) is 86.2 cm³/mol. The van der Waals surface area contributed by atoms with Crippen LogP contribution in [0.1, 0.15) is 30.3 Å². The van der Waals surface area contributed by atoms with E-state index in [1.165, 1.54) is 33.6 Å². The topological polar surface area (TPSA) is 3.88 Å². The Labute approximate surface area is 147 Å². The van der Waals surface area contributed by atoms with Crippen molar-refractivity contribution in [1.82, 2.24) is 0 Å². The van der Waals surface area contributed by atoms with Crippen LogP contribution in [0.25, 0.3) is 10.2 Å². The number of rotatable bonds is 5. The molecule has 3 heteroatoms. The van der Waals surface area contributed by atoms with Crippen molar-refractivity contribution >= 4 is 21.6 Å². The number of thiazole rings is 1. The Morgan fingerprint density at radius 3 is 2.43 bits per heavy atom. The number of unbranched alkanes of at least 4 members (excludes halogenated alkanes) is 1. The highest BCUT2D eigenvalue weighted by Gasteiger charge is 2.19. The molecule has 3 rings (SSSR count). The third kappa shape index (κ3) is 3.83. The summed E-state index contributed by atoms with van der Waals surface area (Å²) < 4.78 is 3.91. The standard InChI is InChI=1S/C18H20NS.HI/c1-2-3-13-19-16-11-7-8-12-17(16)20-18(19)14-15-9-5-4-6-10-15;/h4-12H,2-3,13-14H2,1H3;1H/q+1;/p-1. The van der Waals surface area contributed by atoms with E-state index in [0.29, 0.717) is 0 Å². The van der Waals surface area contributed by atoms with Crippen LogP contribution in [-0.4, -0.2) is 0 Å². The predicted octanol–water partition coefficient (Wildman–Crippen LogP) is 1.58. The molecule has 0 N–H and O–H groups in total. The number of hydrogen-bond donors (Lipinski definition) is 0. The van der Waals surface area contributed by atoms with Gasteiger partial charge in [-0.15, -0.1) is 0 Å². The largest absolute Gasteiger partial charge is 1.00 e. The maximum atomic E-state index is 2.51. The number of aromatic nitrogens is 1. The number of benzene rings is 2. The van der Waals surface area contributed by atoms with Crippen molar-refractivity contribution in [3.8, 4) is 0 Å². The molecule has 1 aromatic heterocycles. The van der Waals surface area contributed by atoms with Crippen LogP contribution >= 0.6 is 11.3 Å². The average molecular weight is 409 g/mol. The molecule has 0 saturated heterocycles. The number of nitrogens with zero attached hydrogens (tertiary/aromatic N) is 1. The second kappa shape index (κ2) is 7.90. The lowest BCUT2D eigenvalue weighted by molar-refractivity contribution is -0.674. The van der Waals surface area contributed by atoms with Crippen LogP contribution in [0.3, 0.4) is 0 Å². The minimum Gasteiger partial charge on any atom is -1.00 e. The number of hydrogen-bond acceptors (Lipinski definition) is 1. The van der Waals surface area contributed by atoms with Crippen LogP contribution in [0, 0.1) is 0 Å². The van der Waals surface area contributed by atoms with Crippen LogP contribution < -0.4 is 28.5 Å². The smallest absolute Gasteiger partial charge is 0.242 e. The van der Waals surface area contributed by atoms with E-state index in [9.17, 15) is 0 Å². The lowest BCUT2D eigenvalue weighted by Gasteiger charge is -1.99. The Hall–Kier alpha value is -0.940. The van der Waals surface area contributed by atoms with Crippen LogP contribution in [0.2, 0.25) is 0 Å². The zero-order valence-corrected chi connectivity index (χ0v) is 15.2. The third-order valence-corrected chi connectivity index (χ3v) is 4.78. The second-order valence-electron chi connectivity index (χ2n) is 5.13. The number of halogens is 1. The summed E-state index contributed by atoms with van der Waals surface area (Å²) in [5.74, 6) is 0. The van der Waals surface area contributed by atoms with Crippen molar-refractivity contribution in [2.75, 3.05) is 0 Å². The van der Waals surface area contributed by atoms with Gasteiger partial charge in [0, 0.05) is 12.5 Å². The molecule has 0 spiro atoms. The van der Waals surface area contributed by atoms with Gasteiger partial charge in [0.15, 0.2) is 0 Å². The Morgan fingerprint density at radius 1 is 0.952 bits per heavy atom. The minimum absolute atomic E-state index is 0. The zero-order valence-electron chi connectivity index (χ0n) is 12.3. The van der Waals surface area contributed by atoms with Crippen LogP contribution in [0.15, 0.2) is 54.6 Å². The van der Waals surface area contributed by atoms with Crippen molar-refractivity contribution in [3.05, 3.63) is 65.2 Å². The van der Waals surface area contributed by atoms with Gasteiger partial charge in [-0.2, -0.15) is 4.57 Å². The Kier molecular flexibility index (Phi) is 6.18. The van der Waals surface area contributed by atoms with Gasteiger partial charge in [-0.05, 0) is 11.6 Å². The summed E-state index contributed by atoms with van der Waals surface area (Å²) in [6.45, 7) is 3.38. The molecule has 0 unspecified atom stereocenters. The van der Waals surface area contributed by atoms with E-state index in [1.807, 2.05) is 11.3 Å². The van der Waals surface area contributed by atoms with Crippen molar-refractivity contribution < 1.29 is 28.5 Å². The minimum atomic E-state index is 0. The quantitative estimate of drug-likeness (QED) is 0.445. The molecule has 0 bridgehead atoms. The third-order valence-electron chi connectivity index (χ3n) is 3.62. The first kappa shape index (κ1) is 16.4. The lowest BCUT2D eigenvalue weighted by atomic mass is 10.1. The molecule has 1 nitrogen and oxygen atoms in total. The molecule has 2 aromatic carbocycles. The lowest BCUT2D eigenvalue weighted by Crippen LogP contribution is -3.00. The van der Waals surface area contributed by atoms with Crippen LogP contribution in [-0.2, 0) is 13.0 Å². The van der Waals surface area contributed by atoms with Crippen molar-refractivity contribution in [3.63, 3.8) is 0 Å². The Balaban J connectivity index is 0.00000161. The van der Waals surface area contributed by atoms with Gasteiger partial charge < -0.3 is 24.0 Å². The molecular formula is C18H20INS. The van der Waals surface area contributed by atoms with Crippen molar-refractivity contribution in [2.45, 2.75) is 32.7 Å². The molecule has 110 valence electrons. The van der Waals surface area contributed by atoms with E-state index in [0.717, 1.165) is 13.0 Å². The van der Waals surface area contributed by atoms with E-state index in [-0.39, 0.29) is 24.0 Å². The first-order valence-electron chi connectivity index (χ1n) is 7.32. The normalized spacial score (nSPS) is 10.5. The van der Waals surface area contributed by atoms with Gasteiger partial charge >= 0.3 is 0 Å². The molecule has 0 radical (unpaired) electrons. The van der Waals surface area contributed by atoms with Gasteiger partial charge in [0.2, 0.25) is 10.5 Å². The maximum Gasteiger partial charge on any atom is 0.242 e. The summed E-state index contributed by atoms with van der Waals surface area (Å²) in [6, 6.07) is 19.5. The van der Waals surface area contributed by atoms with Gasteiger partial charge in [0.25, 0.3) is 0 Å². The van der Waals surface area contributed by atoms with E-state index in [1.54, 1.807) is 0 Å². The van der Waals surface area contributed by atoms with Gasteiger partial charge in [0.05, 0.1) is 6.42 Å². The molecule has 0 amide bonds. The van der Waals surface area contributed by atoms with Gasteiger partial charge in [-0.3, -0.25) is 0 Å². The van der Waals surface area contributed by atoms with E-state index in [2.05, 4.69) is 66.1 Å². The zero-order chi connectivity index (χ0) is 13.8. The number of fused-ring (bicyclic) bond motifs is 1. The molecular weight excluding hydrogens is 389 g/mol. The Bertz CT molecular complexity index is 691. The summed E-state index contributed by atoms with van der Waals surface area (Å²) >= 11 is 1.93. The number of para-hydroxylation sites is 1. The number of aryl methyl sites for hydroxylation is 1. The molecule has 0 atom stereocenters. The fraction of sp³-hybridized carbons (Fsp3) is 0.278. The molecule has 21 heavy (non-hydrogen) atoms. The van der Waals surface area contributed by atoms with E-state index < -0.39 is 0 Å². The van der Waals surface area contributed by atoms with Crippen molar-refractivity contribution in [2.24, 2.45) is 0 Å². The van der Waals surface area contributed by atoms with Gasteiger partial charge in [0.1, 0.15) is 11.2 Å². The van der Waals surface area contributed by atoms with Gasteiger partial charge in [-0.25, -0.2) is 0 Å². The van der Waals surface area contributed by atoms with Crippen LogP contribution in [0.5, 0.6) is 0 Å². The summed E-state index contributed by atoms with van der Waals surface area (Å²) in [5, 5.41) is 1.46. The summed E-state index contributed by atoms with van der Waals surface area (Å²) in [5.41, 5.74) is 2.78. The molecule has 0 saturated carbocycles. The van der Waals surface area contributed by atoms with Gasteiger partial charge in [-0.1, -0.05) is 67.1 Å². The maximum absolute atomic E-state index is 2.51. The fourth-order valence-corrected chi connectivity index (χ4v) is 3.77. The molecule has 0 aliphatic carbocycles. The van der Waals surface area contributed by atoms with E-state index in [4.69, 9.17) is 0 Å². The monoisotopic (exact) mass is 409 g/mol. The Morgan fingerprint density at radius 2 is 1.67 bits per heavy atom. The van der Waals surface area contributed by atoms with Crippen LogP contribution in [0.4, 0.5) is 0 Å². The summed E-state index contributed by atoms with van der Waals surface area (Å²) in [7, 11) is 0. The highest BCUT2D eigenvalue weighted by Crippen LogP contribution is 2.22. The molecule has 0 aliphatic rings. The summed E-state index contributed by atoms with van der Waals surface area (Å²) in [6.07, 6.45) is 3.51. The second-order valence-corrected chi connectivity index (χ2v) is 6.25.